The highest BCUT2D eigenvalue weighted by atomic mass is 16.1. The monoisotopic (exact) mass is 316 g/mol. The Morgan fingerprint density at radius 1 is 0.917 bits per heavy atom. The van der Waals surface area contributed by atoms with Gasteiger partial charge in [-0.1, -0.05) is 53.7 Å². The van der Waals surface area contributed by atoms with Gasteiger partial charge in [-0.2, -0.15) is 0 Å². The summed E-state index contributed by atoms with van der Waals surface area (Å²) in [6.45, 7) is 1.28. The lowest BCUT2D eigenvalue weighted by atomic mass is 10.2. The van der Waals surface area contributed by atoms with Crippen LogP contribution in [0.25, 0.3) is 10.9 Å². The van der Waals surface area contributed by atoms with Crippen LogP contribution in [-0.2, 0) is 13.1 Å². The van der Waals surface area contributed by atoms with Gasteiger partial charge < -0.3 is 4.57 Å². The predicted octanol–water partition coefficient (Wildman–Crippen LogP) is 3.14. The van der Waals surface area contributed by atoms with Crippen LogP contribution < -0.4 is 0 Å². The lowest BCUT2D eigenvalue weighted by molar-refractivity contribution is 0.112. The van der Waals surface area contributed by atoms with Gasteiger partial charge >= 0.3 is 0 Å². The summed E-state index contributed by atoms with van der Waals surface area (Å²) in [4.78, 5) is 11.2. The quantitative estimate of drug-likeness (QED) is 0.532. The summed E-state index contributed by atoms with van der Waals surface area (Å²) in [5.74, 6) is 0. The molecule has 0 bridgehead atoms. The molecule has 0 aliphatic heterocycles. The molecule has 2 aromatic carbocycles. The maximum Gasteiger partial charge on any atom is 0.152 e. The Labute approximate surface area is 139 Å². The van der Waals surface area contributed by atoms with Gasteiger partial charge in [-0.05, 0) is 11.6 Å². The zero-order valence-corrected chi connectivity index (χ0v) is 13.0. The number of hydrogen-bond donors (Lipinski definition) is 0. The first-order chi connectivity index (χ1) is 11.8. The zero-order valence-electron chi connectivity index (χ0n) is 13.0. The van der Waals surface area contributed by atoms with Crippen molar-refractivity contribution < 1.29 is 4.79 Å². The third kappa shape index (κ3) is 2.72. The second-order valence-electron chi connectivity index (χ2n) is 5.74. The largest absolute Gasteiger partial charge is 0.341 e. The van der Waals surface area contributed by atoms with E-state index in [9.17, 15) is 4.79 Å². The van der Waals surface area contributed by atoms with Gasteiger partial charge in [-0.3, -0.25) is 4.79 Å². The van der Waals surface area contributed by atoms with Gasteiger partial charge in [0, 0.05) is 22.7 Å². The molecule has 0 amide bonds. The smallest absolute Gasteiger partial charge is 0.152 e. The molecule has 4 rings (SSSR count). The number of rotatable bonds is 5. The first kappa shape index (κ1) is 14.4. The summed E-state index contributed by atoms with van der Waals surface area (Å²) in [6.07, 6.45) is 4.71. The molecule has 118 valence electrons. The molecule has 0 spiro atoms. The van der Waals surface area contributed by atoms with Crippen molar-refractivity contribution in [1.29, 1.82) is 0 Å². The Morgan fingerprint density at radius 3 is 2.54 bits per heavy atom. The van der Waals surface area contributed by atoms with Gasteiger partial charge in [0.25, 0.3) is 0 Å². The molecule has 0 atom stereocenters. The standard InChI is InChI=1S/C19H16N4O/c24-14-16-11-22(19-9-5-4-8-18(16)19)12-17-13-23(21-20-17)10-15-6-2-1-3-7-15/h1-9,11,13-14H,10,12H2. The Hall–Kier alpha value is -3.21. The molecule has 5 nitrogen and oxygen atoms in total. The van der Waals surface area contributed by atoms with E-state index >= 15 is 0 Å². The third-order valence-corrected chi connectivity index (χ3v) is 4.05. The van der Waals surface area contributed by atoms with Crippen LogP contribution in [-0.4, -0.2) is 25.8 Å². The summed E-state index contributed by atoms with van der Waals surface area (Å²) >= 11 is 0. The number of aldehydes is 1. The topological polar surface area (TPSA) is 52.7 Å². The van der Waals surface area contributed by atoms with Crippen molar-refractivity contribution >= 4 is 17.2 Å². The fraction of sp³-hybridized carbons (Fsp3) is 0.105. The maximum atomic E-state index is 11.2. The summed E-state index contributed by atoms with van der Waals surface area (Å²) in [6, 6.07) is 18.0. The predicted molar refractivity (Wildman–Crippen MR) is 92.0 cm³/mol. The zero-order chi connectivity index (χ0) is 16.4. The van der Waals surface area contributed by atoms with Crippen molar-refractivity contribution in [2.24, 2.45) is 0 Å². The molecule has 4 aromatic rings. The van der Waals surface area contributed by atoms with E-state index in [-0.39, 0.29) is 0 Å². The van der Waals surface area contributed by atoms with Crippen LogP contribution in [0.2, 0.25) is 0 Å². The minimum atomic E-state index is 0.586. The van der Waals surface area contributed by atoms with E-state index in [1.807, 2.05) is 64.1 Å². The molecule has 0 aliphatic carbocycles. The van der Waals surface area contributed by atoms with E-state index in [1.54, 1.807) is 0 Å². The van der Waals surface area contributed by atoms with Crippen LogP contribution in [0.3, 0.4) is 0 Å². The average Bonchev–Trinajstić information content (AvgIpc) is 3.21. The summed E-state index contributed by atoms with van der Waals surface area (Å²) in [5.41, 5.74) is 3.77. The number of fused-ring (bicyclic) bond motifs is 1. The minimum Gasteiger partial charge on any atom is -0.341 e. The number of carbonyl (C=O) groups excluding carboxylic acids is 1. The molecule has 0 N–H and O–H groups in total. The van der Waals surface area contributed by atoms with Crippen molar-refractivity contribution in [3.05, 3.63) is 83.8 Å². The van der Waals surface area contributed by atoms with E-state index in [0.717, 1.165) is 22.9 Å². The number of aromatic nitrogens is 4. The van der Waals surface area contributed by atoms with Crippen molar-refractivity contribution in [1.82, 2.24) is 19.6 Å². The van der Waals surface area contributed by atoms with E-state index in [4.69, 9.17) is 0 Å². The van der Waals surface area contributed by atoms with Crippen molar-refractivity contribution in [2.45, 2.75) is 13.1 Å². The number of benzene rings is 2. The first-order valence-electron chi connectivity index (χ1n) is 7.79. The summed E-state index contributed by atoms with van der Waals surface area (Å²) in [7, 11) is 0. The molecular formula is C19H16N4O. The van der Waals surface area contributed by atoms with Crippen LogP contribution in [0.15, 0.2) is 67.0 Å². The lowest BCUT2D eigenvalue weighted by Gasteiger charge is -2.02. The van der Waals surface area contributed by atoms with Gasteiger partial charge in [-0.25, -0.2) is 4.68 Å². The molecule has 5 heteroatoms. The van der Waals surface area contributed by atoms with Gasteiger partial charge in [0.15, 0.2) is 6.29 Å². The van der Waals surface area contributed by atoms with Crippen LogP contribution >= 0.6 is 0 Å². The summed E-state index contributed by atoms with van der Waals surface area (Å²) in [5, 5.41) is 9.41. The van der Waals surface area contributed by atoms with Crippen LogP contribution in [0.4, 0.5) is 0 Å². The van der Waals surface area contributed by atoms with Crippen molar-refractivity contribution in [3.63, 3.8) is 0 Å². The average molecular weight is 316 g/mol. The minimum absolute atomic E-state index is 0.586. The molecule has 0 aliphatic rings. The molecule has 0 saturated carbocycles. The van der Waals surface area contributed by atoms with Crippen LogP contribution in [0.5, 0.6) is 0 Å². The number of carbonyl (C=O) groups is 1. The van der Waals surface area contributed by atoms with Crippen LogP contribution in [0.1, 0.15) is 21.6 Å². The van der Waals surface area contributed by atoms with E-state index < -0.39 is 0 Å². The fourth-order valence-electron chi connectivity index (χ4n) is 2.93. The second-order valence-corrected chi connectivity index (χ2v) is 5.74. The van der Waals surface area contributed by atoms with Gasteiger partial charge in [0.1, 0.15) is 5.69 Å². The Morgan fingerprint density at radius 2 is 1.71 bits per heavy atom. The molecule has 2 heterocycles. The highest BCUT2D eigenvalue weighted by Crippen LogP contribution is 2.20. The maximum absolute atomic E-state index is 11.2. The van der Waals surface area contributed by atoms with E-state index in [2.05, 4.69) is 22.4 Å². The lowest BCUT2D eigenvalue weighted by Crippen LogP contribution is -2.00. The van der Waals surface area contributed by atoms with Gasteiger partial charge in [0.05, 0.1) is 19.3 Å². The Bertz CT molecular complexity index is 985. The third-order valence-electron chi connectivity index (χ3n) is 4.05. The summed E-state index contributed by atoms with van der Waals surface area (Å²) < 4.78 is 3.87. The molecule has 24 heavy (non-hydrogen) atoms. The van der Waals surface area contributed by atoms with Crippen molar-refractivity contribution in [3.8, 4) is 0 Å². The normalized spacial score (nSPS) is 11.0. The van der Waals surface area contributed by atoms with E-state index in [1.165, 1.54) is 5.56 Å². The molecule has 2 aromatic heterocycles. The molecule has 0 unspecified atom stereocenters. The number of nitrogens with zero attached hydrogens (tertiary/aromatic N) is 4. The molecule has 0 fully saturated rings. The number of hydrogen-bond acceptors (Lipinski definition) is 3. The number of para-hydroxylation sites is 1. The molecule has 0 saturated heterocycles. The Balaban J connectivity index is 1.59. The highest BCUT2D eigenvalue weighted by Gasteiger charge is 2.09. The Kier molecular flexibility index (Phi) is 3.67. The fourth-order valence-corrected chi connectivity index (χ4v) is 2.93. The highest BCUT2D eigenvalue weighted by molar-refractivity contribution is 5.97. The SMILES string of the molecule is O=Cc1cn(Cc2cn(Cc3ccccc3)nn2)c2ccccc12. The molecular weight excluding hydrogens is 300 g/mol. The first-order valence-corrected chi connectivity index (χ1v) is 7.79. The van der Waals surface area contributed by atoms with E-state index in [0.29, 0.717) is 18.7 Å². The van der Waals surface area contributed by atoms with Gasteiger partial charge in [0.2, 0.25) is 0 Å². The second kappa shape index (κ2) is 6.12. The van der Waals surface area contributed by atoms with Gasteiger partial charge in [-0.15, -0.1) is 5.10 Å². The van der Waals surface area contributed by atoms with Crippen LogP contribution in [0, 0.1) is 0 Å². The van der Waals surface area contributed by atoms with Crippen molar-refractivity contribution in [2.75, 3.05) is 0 Å². The molecule has 0 radical (unpaired) electrons.